The Balaban J connectivity index is 2.36. The smallest absolute Gasteiger partial charge is 0.319 e. The first-order chi connectivity index (χ1) is 6.94. The SMILES string of the molecule is COC(=O)CN(C)C1CCC(C)(C)CC1. The van der Waals surface area contributed by atoms with E-state index in [1.54, 1.807) is 0 Å². The molecule has 1 saturated carbocycles. The molecule has 0 heterocycles. The van der Waals surface area contributed by atoms with E-state index in [-0.39, 0.29) is 5.97 Å². The van der Waals surface area contributed by atoms with Crippen molar-refractivity contribution in [3.8, 4) is 0 Å². The Morgan fingerprint density at radius 1 is 1.40 bits per heavy atom. The van der Waals surface area contributed by atoms with Crippen LogP contribution in [0.4, 0.5) is 0 Å². The first-order valence-electron chi connectivity index (χ1n) is 5.72. The number of carbonyl (C=O) groups excluding carboxylic acids is 1. The minimum Gasteiger partial charge on any atom is -0.468 e. The van der Waals surface area contributed by atoms with Crippen molar-refractivity contribution < 1.29 is 9.53 Å². The molecule has 0 unspecified atom stereocenters. The van der Waals surface area contributed by atoms with Gasteiger partial charge in [-0.05, 0) is 38.1 Å². The van der Waals surface area contributed by atoms with Gasteiger partial charge in [0.1, 0.15) is 0 Å². The van der Waals surface area contributed by atoms with Gasteiger partial charge in [-0.2, -0.15) is 0 Å². The Morgan fingerprint density at radius 3 is 2.40 bits per heavy atom. The van der Waals surface area contributed by atoms with Gasteiger partial charge in [-0.1, -0.05) is 13.8 Å². The van der Waals surface area contributed by atoms with E-state index < -0.39 is 0 Å². The lowest BCUT2D eigenvalue weighted by atomic mass is 9.75. The zero-order valence-corrected chi connectivity index (χ0v) is 10.4. The Labute approximate surface area is 92.8 Å². The molecule has 0 saturated heterocycles. The van der Waals surface area contributed by atoms with Gasteiger partial charge in [-0.3, -0.25) is 9.69 Å². The number of hydrogen-bond donors (Lipinski definition) is 0. The molecule has 0 bridgehead atoms. The summed E-state index contributed by atoms with van der Waals surface area (Å²) in [6, 6.07) is 0.553. The van der Waals surface area contributed by atoms with Crippen molar-refractivity contribution in [3.63, 3.8) is 0 Å². The minimum atomic E-state index is -0.137. The van der Waals surface area contributed by atoms with Crippen LogP contribution in [0.25, 0.3) is 0 Å². The lowest BCUT2D eigenvalue weighted by Crippen LogP contribution is -2.40. The van der Waals surface area contributed by atoms with E-state index in [0.29, 0.717) is 18.0 Å². The number of likely N-dealkylation sites (N-methyl/N-ethyl adjacent to an activating group) is 1. The maximum absolute atomic E-state index is 11.1. The highest BCUT2D eigenvalue weighted by molar-refractivity contribution is 5.71. The zero-order valence-electron chi connectivity index (χ0n) is 10.4. The Hall–Kier alpha value is -0.570. The zero-order chi connectivity index (χ0) is 11.5. The highest BCUT2D eigenvalue weighted by atomic mass is 16.5. The van der Waals surface area contributed by atoms with Crippen molar-refractivity contribution >= 4 is 5.97 Å². The summed E-state index contributed by atoms with van der Waals surface area (Å²) >= 11 is 0. The fourth-order valence-corrected chi connectivity index (χ4v) is 2.22. The van der Waals surface area contributed by atoms with Crippen LogP contribution in [0.2, 0.25) is 0 Å². The third-order valence-electron chi connectivity index (χ3n) is 3.54. The molecule has 0 spiro atoms. The number of hydrogen-bond acceptors (Lipinski definition) is 3. The summed E-state index contributed by atoms with van der Waals surface area (Å²) in [4.78, 5) is 13.3. The quantitative estimate of drug-likeness (QED) is 0.672. The largest absolute Gasteiger partial charge is 0.468 e. The average molecular weight is 213 g/mol. The molecule has 0 aromatic carbocycles. The van der Waals surface area contributed by atoms with Crippen molar-refractivity contribution in [1.82, 2.24) is 4.90 Å². The summed E-state index contributed by atoms with van der Waals surface area (Å²) in [5, 5.41) is 0. The molecule has 0 aromatic rings. The fraction of sp³-hybridized carbons (Fsp3) is 0.917. The highest BCUT2D eigenvalue weighted by Gasteiger charge is 2.29. The van der Waals surface area contributed by atoms with E-state index in [1.807, 2.05) is 7.05 Å². The summed E-state index contributed by atoms with van der Waals surface area (Å²) in [5.41, 5.74) is 0.489. The van der Waals surface area contributed by atoms with Crippen LogP contribution < -0.4 is 0 Å². The molecule has 0 radical (unpaired) electrons. The molecule has 3 heteroatoms. The Bertz CT molecular complexity index is 216. The summed E-state index contributed by atoms with van der Waals surface area (Å²) in [6.45, 7) is 5.06. The standard InChI is InChI=1S/C12H23NO2/c1-12(2)7-5-10(6-8-12)13(3)9-11(14)15-4/h10H,5-9H2,1-4H3. The molecule has 1 fully saturated rings. The first-order valence-corrected chi connectivity index (χ1v) is 5.72. The van der Waals surface area contributed by atoms with Gasteiger partial charge in [0.15, 0.2) is 0 Å². The maximum atomic E-state index is 11.1. The number of rotatable bonds is 3. The molecule has 0 aliphatic heterocycles. The van der Waals surface area contributed by atoms with Crippen LogP contribution in [0.15, 0.2) is 0 Å². The van der Waals surface area contributed by atoms with Crippen molar-refractivity contribution in [3.05, 3.63) is 0 Å². The van der Waals surface area contributed by atoms with Gasteiger partial charge in [0.25, 0.3) is 0 Å². The van der Waals surface area contributed by atoms with Gasteiger partial charge in [-0.25, -0.2) is 0 Å². The van der Waals surface area contributed by atoms with Crippen molar-refractivity contribution in [1.29, 1.82) is 0 Å². The second-order valence-corrected chi connectivity index (χ2v) is 5.39. The highest BCUT2D eigenvalue weighted by Crippen LogP contribution is 2.36. The van der Waals surface area contributed by atoms with E-state index in [9.17, 15) is 4.79 Å². The van der Waals surface area contributed by atoms with Crippen molar-refractivity contribution in [2.45, 2.75) is 45.6 Å². The van der Waals surface area contributed by atoms with Crippen LogP contribution in [0.5, 0.6) is 0 Å². The van der Waals surface area contributed by atoms with Crippen LogP contribution in [0, 0.1) is 5.41 Å². The topological polar surface area (TPSA) is 29.5 Å². The van der Waals surface area contributed by atoms with Crippen LogP contribution >= 0.6 is 0 Å². The van der Waals surface area contributed by atoms with Gasteiger partial charge in [0, 0.05) is 6.04 Å². The number of nitrogens with zero attached hydrogens (tertiary/aromatic N) is 1. The van der Waals surface area contributed by atoms with Crippen LogP contribution in [-0.4, -0.2) is 37.6 Å². The van der Waals surface area contributed by atoms with Gasteiger partial charge in [0.05, 0.1) is 13.7 Å². The molecule has 0 atom stereocenters. The van der Waals surface area contributed by atoms with Crippen molar-refractivity contribution in [2.75, 3.05) is 20.7 Å². The third-order valence-corrected chi connectivity index (χ3v) is 3.54. The summed E-state index contributed by atoms with van der Waals surface area (Å²) < 4.78 is 4.67. The maximum Gasteiger partial charge on any atom is 0.319 e. The second kappa shape index (κ2) is 4.97. The number of esters is 1. The molecule has 0 amide bonds. The molecular weight excluding hydrogens is 190 g/mol. The summed E-state index contributed by atoms with van der Waals surface area (Å²) in [7, 11) is 3.46. The lowest BCUT2D eigenvalue weighted by Gasteiger charge is -2.38. The summed E-state index contributed by atoms with van der Waals surface area (Å²) in [6.07, 6.45) is 4.90. The molecule has 1 aliphatic rings. The minimum absolute atomic E-state index is 0.137. The number of ether oxygens (including phenoxy) is 1. The molecule has 15 heavy (non-hydrogen) atoms. The van der Waals surface area contributed by atoms with Crippen LogP contribution in [0.3, 0.4) is 0 Å². The normalized spacial score (nSPS) is 21.7. The van der Waals surface area contributed by atoms with E-state index >= 15 is 0 Å². The second-order valence-electron chi connectivity index (χ2n) is 5.39. The van der Waals surface area contributed by atoms with Crippen molar-refractivity contribution in [2.24, 2.45) is 5.41 Å². The van der Waals surface area contributed by atoms with E-state index in [0.717, 1.165) is 0 Å². The number of methoxy groups -OCH3 is 1. The molecule has 0 N–H and O–H groups in total. The lowest BCUT2D eigenvalue weighted by molar-refractivity contribution is -0.142. The molecule has 1 aliphatic carbocycles. The number of carbonyl (C=O) groups is 1. The monoisotopic (exact) mass is 213 g/mol. The fourth-order valence-electron chi connectivity index (χ4n) is 2.22. The van der Waals surface area contributed by atoms with E-state index in [1.165, 1.54) is 32.8 Å². The van der Waals surface area contributed by atoms with Gasteiger partial charge in [-0.15, -0.1) is 0 Å². The summed E-state index contributed by atoms with van der Waals surface area (Å²) in [5.74, 6) is -0.137. The molecule has 0 aromatic heterocycles. The predicted octanol–water partition coefficient (Wildman–Crippen LogP) is 2.06. The van der Waals surface area contributed by atoms with Crippen LogP contribution in [0.1, 0.15) is 39.5 Å². The van der Waals surface area contributed by atoms with Gasteiger partial charge in [0.2, 0.25) is 0 Å². The Kier molecular flexibility index (Phi) is 4.14. The Morgan fingerprint density at radius 2 is 1.93 bits per heavy atom. The molecular formula is C12H23NO2. The molecule has 3 nitrogen and oxygen atoms in total. The average Bonchev–Trinajstić information content (AvgIpc) is 2.17. The van der Waals surface area contributed by atoms with Gasteiger partial charge >= 0.3 is 5.97 Å². The third kappa shape index (κ3) is 3.82. The molecule has 1 rings (SSSR count). The first kappa shape index (κ1) is 12.5. The van der Waals surface area contributed by atoms with Gasteiger partial charge < -0.3 is 4.74 Å². The van der Waals surface area contributed by atoms with E-state index in [4.69, 9.17) is 0 Å². The molecule has 88 valence electrons. The predicted molar refractivity (Wildman–Crippen MR) is 60.7 cm³/mol. The van der Waals surface area contributed by atoms with Crippen LogP contribution in [-0.2, 0) is 9.53 Å². The van der Waals surface area contributed by atoms with E-state index in [2.05, 4.69) is 23.5 Å².